The van der Waals surface area contributed by atoms with Crippen LogP contribution in [-0.2, 0) is 4.79 Å². The maximum atomic E-state index is 11.8. The SMILES string of the molecule is CSCC[C@@H](N)C(=O)NC(C)c1ccncc1. The second-order valence-electron chi connectivity index (χ2n) is 3.90. The van der Waals surface area contributed by atoms with Crippen LogP contribution in [0.5, 0.6) is 0 Å². The molecule has 3 N–H and O–H groups in total. The van der Waals surface area contributed by atoms with Crippen molar-refractivity contribution in [1.82, 2.24) is 10.3 Å². The van der Waals surface area contributed by atoms with Gasteiger partial charge in [-0.25, -0.2) is 0 Å². The summed E-state index contributed by atoms with van der Waals surface area (Å²) in [5.41, 5.74) is 6.82. The minimum Gasteiger partial charge on any atom is -0.348 e. The van der Waals surface area contributed by atoms with Crippen LogP contribution in [0.25, 0.3) is 0 Å². The lowest BCUT2D eigenvalue weighted by atomic mass is 10.1. The third kappa shape index (κ3) is 4.75. The second-order valence-corrected chi connectivity index (χ2v) is 4.88. The smallest absolute Gasteiger partial charge is 0.237 e. The highest BCUT2D eigenvalue weighted by Crippen LogP contribution is 2.10. The summed E-state index contributed by atoms with van der Waals surface area (Å²) in [6.07, 6.45) is 6.14. The van der Waals surface area contributed by atoms with E-state index in [9.17, 15) is 4.79 Å². The molecule has 0 aliphatic carbocycles. The van der Waals surface area contributed by atoms with Crippen molar-refractivity contribution in [3.8, 4) is 0 Å². The predicted molar refractivity (Wildman–Crippen MR) is 71.8 cm³/mol. The lowest BCUT2D eigenvalue weighted by Gasteiger charge is -2.17. The quantitative estimate of drug-likeness (QED) is 0.803. The minimum atomic E-state index is -0.424. The molecule has 1 aromatic heterocycles. The molecule has 2 atom stereocenters. The summed E-state index contributed by atoms with van der Waals surface area (Å²) in [4.78, 5) is 15.7. The Morgan fingerprint density at radius 2 is 2.18 bits per heavy atom. The normalized spacial score (nSPS) is 14.1. The van der Waals surface area contributed by atoms with Crippen molar-refractivity contribution < 1.29 is 4.79 Å². The summed E-state index contributed by atoms with van der Waals surface area (Å²) in [6.45, 7) is 1.94. The number of nitrogens with one attached hydrogen (secondary N) is 1. The van der Waals surface area contributed by atoms with Gasteiger partial charge in [0.25, 0.3) is 0 Å². The van der Waals surface area contributed by atoms with Gasteiger partial charge in [-0.1, -0.05) is 0 Å². The maximum absolute atomic E-state index is 11.8. The number of nitrogens with zero attached hydrogens (tertiary/aromatic N) is 1. The Morgan fingerprint density at radius 3 is 2.76 bits per heavy atom. The summed E-state index contributed by atoms with van der Waals surface area (Å²) >= 11 is 1.69. The van der Waals surface area contributed by atoms with E-state index in [1.807, 2.05) is 25.3 Å². The van der Waals surface area contributed by atoms with Crippen LogP contribution in [0, 0.1) is 0 Å². The number of hydrogen-bond acceptors (Lipinski definition) is 4. The molecule has 17 heavy (non-hydrogen) atoms. The molecule has 94 valence electrons. The van der Waals surface area contributed by atoms with E-state index in [4.69, 9.17) is 5.73 Å². The van der Waals surface area contributed by atoms with E-state index in [0.717, 1.165) is 11.3 Å². The standard InChI is InChI=1S/C12H19N3OS/c1-9(10-3-6-14-7-4-10)15-12(16)11(13)5-8-17-2/h3-4,6-7,9,11H,5,8,13H2,1-2H3,(H,15,16)/t9?,11-/m1/s1. The Balaban J connectivity index is 2.46. The molecule has 1 aromatic rings. The van der Waals surface area contributed by atoms with Crippen LogP contribution in [0.1, 0.15) is 24.9 Å². The van der Waals surface area contributed by atoms with Crippen LogP contribution in [0.3, 0.4) is 0 Å². The summed E-state index contributed by atoms with van der Waals surface area (Å²) in [7, 11) is 0. The molecular weight excluding hydrogens is 234 g/mol. The fourth-order valence-corrected chi connectivity index (χ4v) is 1.92. The molecule has 1 amide bonds. The first kappa shape index (κ1) is 14.0. The van der Waals surface area contributed by atoms with Gasteiger partial charge in [0, 0.05) is 12.4 Å². The molecule has 0 fully saturated rings. The van der Waals surface area contributed by atoms with Crippen LogP contribution in [0.15, 0.2) is 24.5 Å². The van der Waals surface area contributed by atoms with Crippen molar-refractivity contribution in [2.45, 2.75) is 25.4 Å². The van der Waals surface area contributed by atoms with E-state index in [1.54, 1.807) is 24.2 Å². The number of nitrogens with two attached hydrogens (primary N) is 1. The molecule has 1 unspecified atom stereocenters. The van der Waals surface area contributed by atoms with Gasteiger partial charge in [-0.15, -0.1) is 0 Å². The number of rotatable bonds is 6. The molecular formula is C12H19N3OS. The van der Waals surface area contributed by atoms with Gasteiger partial charge in [-0.05, 0) is 43.0 Å². The third-order valence-electron chi connectivity index (χ3n) is 2.53. The molecule has 1 heterocycles. The van der Waals surface area contributed by atoms with E-state index in [2.05, 4.69) is 10.3 Å². The number of amides is 1. The van der Waals surface area contributed by atoms with Gasteiger partial charge in [-0.2, -0.15) is 11.8 Å². The molecule has 1 rings (SSSR count). The zero-order valence-electron chi connectivity index (χ0n) is 10.2. The third-order valence-corrected chi connectivity index (χ3v) is 3.18. The molecule has 0 aliphatic heterocycles. The van der Waals surface area contributed by atoms with E-state index in [0.29, 0.717) is 6.42 Å². The van der Waals surface area contributed by atoms with E-state index in [-0.39, 0.29) is 11.9 Å². The lowest BCUT2D eigenvalue weighted by Crippen LogP contribution is -2.41. The predicted octanol–water partition coefficient (Wildman–Crippen LogP) is 1.34. The average Bonchev–Trinajstić information content (AvgIpc) is 2.36. The molecule has 4 nitrogen and oxygen atoms in total. The van der Waals surface area contributed by atoms with Crippen LogP contribution in [-0.4, -0.2) is 28.9 Å². The molecule has 0 bridgehead atoms. The Morgan fingerprint density at radius 1 is 1.53 bits per heavy atom. The Hall–Kier alpha value is -1.07. The molecule has 0 aliphatic rings. The highest BCUT2D eigenvalue weighted by molar-refractivity contribution is 7.98. The minimum absolute atomic E-state index is 0.0363. The van der Waals surface area contributed by atoms with Gasteiger partial charge in [0.15, 0.2) is 0 Å². The number of pyridine rings is 1. The zero-order chi connectivity index (χ0) is 12.7. The van der Waals surface area contributed by atoms with Crippen LogP contribution >= 0.6 is 11.8 Å². The number of carbonyl (C=O) groups excluding carboxylic acids is 1. The number of aromatic nitrogens is 1. The van der Waals surface area contributed by atoms with Gasteiger partial charge < -0.3 is 11.1 Å². The van der Waals surface area contributed by atoms with Crippen molar-refractivity contribution in [2.24, 2.45) is 5.73 Å². The topological polar surface area (TPSA) is 68.0 Å². The summed E-state index contributed by atoms with van der Waals surface area (Å²) < 4.78 is 0. The Bertz CT molecular complexity index is 345. The first-order valence-electron chi connectivity index (χ1n) is 5.60. The van der Waals surface area contributed by atoms with Gasteiger partial charge in [0.1, 0.15) is 0 Å². The van der Waals surface area contributed by atoms with Crippen molar-refractivity contribution in [3.63, 3.8) is 0 Å². The molecule has 0 spiro atoms. The maximum Gasteiger partial charge on any atom is 0.237 e. The van der Waals surface area contributed by atoms with Crippen LogP contribution in [0.4, 0.5) is 0 Å². The highest BCUT2D eigenvalue weighted by atomic mass is 32.2. The van der Waals surface area contributed by atoms with Gasteiger partial charge >= 0.3 is 0 Å². The van der Waals surface area contributed by atoms with Crippen molar-refractivity contribution in [2.75, 3.05) is 12.0 Å². The fraction of sp³-hybridized carbons (Fsp3) is 0.500. The fourth-order valence-electron chi connectivity index (χ4n) is 1.43. The summed E-state index contributed by atoms with van der Waals surface area (Å²) in [5, 5.41) is 2.90. The first-order valence-corrected chi connectivity index (χ1v) is 6.99. The Kier molecular flexibility index (Phi) is 6.00. The van der Waals surface area contributed by atoms with Crippen molar-refractivity contribution in [3.05, 3.63) is 30.1 Å². The van der Waals surface area contributed by atoms with Crippen molar-refractivity contribution in [1.29, 1.82) is 0 Å². The highest BCUT2D eigenvalue weighted by Gasteiger charge is 2.15. The number of carbonyl (C=O) groups is 1. The molecule has 0 aromatic carbocycles. The number of thioether (sulfide) groups is 1. The molecule has 0 radical (unpaired) electrons. The average molecular weight is 253 g/mol. The number of hydrogen-bond donors (Lipinski definition) is 2. The van der Waals surface area contributed by atoms with Gasteiger partial charge in [0.05, 0.1) is 12.1 Å². The van der Waals surface area contributed by atoms with Gasteiger partial charge in [0.2, 0.25) is 5.91 Å². The van der Waals surface area contributed by atoms with Crippen LogP contribution < -0.4 is 11.1 Å². The molecule has 5 heteroatoms. The largest absolute Gasteiger partial charge is 0.348 e. The van der Waals surface area contributed by atoms with Gasteiger partial charge in [-0.3, -0.25) is 9.78 Å². The summed E-state index contributed by atoms with van der Waals surface area (Å²) in [5.74, 6) is 0.807. The molecule has 0 saturated heterocycles. The van der Waals surface area contributed by atoms with Crippen LogP contribution in [0.2, 0.25) is 0 Å². The zero-order valence-corrected chi connectivity index (χ0v) is 11.0. The first-order chi connectivity index (χ1) is 8.15. The van der Waals surface area contributed by atoms with E-state index < -0.39 is 6.04 Å². The summed E-state index contributed by atoms with van der Waals surface area (Å²) in [6, 6.07) is 3.31. The van der Waals surface area contributed by atoms with E-state index >= 15 is 0 Å². The lowest BCUT2D eigenvalue weighted by molar-refractivity contribution is -0.123. The second kappa shape index (κ2) is 7.29. The molecule has 0 saturated carbocycles. The van der Waals surface area contributed by atoms with E-state index in [1.165, 1.54) is 0 Å². The monoisotopic (exact) mass is 253 g/mol. The Labute approximate surface area is 106 Å². The van der Waals surface area contributed by atoms with Crippen molar-refractivity contribution >= 4 is 17.7 Å².